The maximum atomic E-state index is 14.0. The summed E-state index contributed by atoms with van der Waals surface area (Å²) in [5.41, 5.74) is 2.12. The number of benzene rings is 2. The fourth-order valence-corrected chi connectivity index (χ4v) is 3.28. The zero-order chi connectivity index (χ0) is 20.2. The fourth-order valence-electron chi connectivity index (χ4n) is 3.21. The molecule has 0 aliphatic carbocycles. The molecule has 0 saturated heterocycles. The molecule has 29 heavy (non-hydrogen) atoms. The molecular formula is C22H18ClFN2O3. The number of halogens is 2. The van der Waals surface area contributed by atoms with Gasteiger partial charge in [0.2, 0.25) is 11.8 Å². The number of anilines is 1. The van der Waals surface area contributed by atoms with Crippen molar-refractivity contribution in [2.45, 2.75) is 18.9 Å². The van der Waals surface area contributed by atoms with Gasteiger partial charge in [0, 0.05) is 11.6 Å². The third-order valence-electron chi connectivity index (χ3n) is 4.59. The highest BCUT2D eigenvalue weighted by Gasteiger charge is 2.24. The van der Waals surface area contributed by atoms with Crippen LogP contribution in [0.1, 0.15) is 23.7 Å². The highest BCUT2D eigenvalue weighted by Crippen LogP contribution is 2.38. The molecular weight excluding hydrogens is 395 g/mol. The zero-order valence-electron chi connectivity index (χ0n) is 15.4. The Morgan fingerprint density at radius 2 is 2.10 bits per heavy atom. The number of aryl methyl sites for hydroxylation is 1. The van der Waals surface area contributed by atoms with Crippen LogP contribution in [0.15, 0.2) is 60.8 Å². The Morgan fingerprint density at radius 1 is 1.24 bits per heavy atom. The van der Waals surface area contributed by atoms with Crippen LogP contribution in [0.2, 0.25) is 0 Å². The Kier molecular flexibility index (Phi) is 5.62. The Morgan fingerprint density at radius 3 is 2.86 bits per heavy atom. The maximum absolute atomic E-state index is 14.0. The van der Waals surface area contributed by atoms with Crippen LogP contribution in [0.4, 0.5) is 10.1 Å². The van der Waals surface area contributed by atoms with Gasteiger partial charge in [0.1, 0.15) is 29.3 Å². The third-order valence-corrected chi connectivity index (χ3v) is 4.84. The van der Waals surface area contributed by atoms with Crippen molar-refractivity contribution in [2.24, 2.45) is 0 Å². The first-order valence-corrected chi connectivity index (χ1v) is 9.69. The lowest BCUT2D eigenvalue weighted by atomic mass is 9.97. The lowest BCUT2D eigenvalue weighted by Gasteiger charge is -2.27. The molecule has 5 nitrogen and oxygen atoms in total. The van der Waals surface area contributed by atoms with Crippen LogP contribution in [-0.2, 0) is 11.2 Å². The van der Waals surface area contributed by atoms with E-state index < -0.39 is 0 Å². The van der Waals surface area contributed by atoms with Crippen molar-refractivity contribution in [1.82, 2.24) is 4.98 Å². The average Bonchev–Trinajstić information content (AvgIpc) is 2.75. The first-order valence-electron chi connectivity index (χ1n) is 9.16. The predicted molar refractivity (Wildman–Crippen MR) is 108 cm³/mol. The number of carbonyl (C=O) groups excluding carboxylic acids is 1. The Hall–Kier alpha value is -3.12. The standard InChI is InChI=1S/C22H18ClFN2O3/c23-12-21(27)26-15-6-10-22(25-13-15)28-16-7-9-19-14(11-16)5-8-20(29-19)17-3-1-2-4-18(17)24/h1-4,6-7,9-11,13,20H,5,8,12H2,(H,26,27). The van der Waals surface area contributed by atoms with Crippen LogP contribution in [0.3, 0.4) is 0 Å². The lowest BCUT2D eigenvalue weighted by Crippen LogP contribution is -2.16. The fraction of sp³-hybridized carbons (Fsp3) is 0.182. The van der Waals surface area contributed by atoms with Crippen LogP contribution in [0.25, 0.3) is 0 Å². The summed E-state index contributed by atoms with van der Waals surface area (Å²) in [6.07, 6.45) is 2.64. The number of nitrogens with one attached hydrogen (secondary N) is 1. The van der Waals surface area contributed by atoms with Crippen LogP contribution < -0.4 is 14.8 Å². The van der Waals surface area contributed by atoms with E-state index in [4.69, 9.17) is 21.1 Å². The van der Waals surface area contributed by atoms with E-state index in [1.807, 2.05) is 18.2 Å². The quantitative estimate of drug-likeness (QED) is 0.581. The number of pyridine rings is 1. The van der Waals surface area contributed by atoms with Crippen molar-refractivity contribution in [3.63, 3.8) is 0 Å². The molecule has 1 aliphatic rings. The second-order valence-corrected chi connectivity index (χ2v) is 6.87. The number of ether oxygens (including phenoxy) is 2. The molecule has 1 aromatic heterocycles. The van der Waals surface area contributed by atoms with Gasteiger partial charge in [-0.1, -0.05) is 18.2 Å². The lowest BCUT2D eigenvalue weighted by molar-refractivity contribution is -0.113. The Bertz CT molecular complexity index is 1030. The molecule has 3 aromatic rings. The molecule has 0 saturated carbocycles. The van der Waals surface area contributed by atoms with Gasteiger partial charge in [-0.25, -0.2) is 9.37 Å². The smallest absolute Gasteiger partial charge is 0.239 e. The van der Waals surface area contributed by atoms with Crippen molar-refractivity contribution in [3.05, 3.63) is 77.7 Å². The summed E-state index contributed by atoms with van der Waals surface area (Å²) in [4.78, 5) is 15.5. The van der Waals surface area contributed by atoms with Crippen LogP contribution in [0, 0.1) is 5.82 Å². The Labute approximate surface area is 172 Å². The van der Waals surface area contributed by atoms with Crippen LogP contribution in [0.5, 0.6) is 17.4 Å². The van der Waals surface area contributed by atoms with E-state index in [0.717, 1.165) is 17.7 Å². The maximum Gasteiger partial charge on any atom is 0.239 e. The Balaban J connectivity index is 1.44. The number of rotatable bonds is 5. The van der Waals surface area contributed by atoms with Gasteiger partial charge >= 0.3 is 0 Å². The van der Waals surface area contributed by atoms with Crippen molar-refractivity contribution in [1.29, 1.82) is 0 Å². The van der Waals surface area contributed by atoms with E-state index in [1.54, 1.807) is 30.3 Å². The van der Waals surface area contributed by atoms with Gasteiger partial charge in [0.05, 0.1) is 11.9 Å². The second kappa shape index (κ2) is 8.49. The number of amides is 1. The summed E-state index contributed by atoms with van der Waals surface area (Å²) in [5, 5.41) is 2.61. The van der Waals surface area contributed by atoms with Gasteiger partial charge in [-0.15, -0.1) is 11.6 Å². The molecule has 7 heteroatoms. The molecule has 1 atom stereocenters. The van der Waals surface area contributed by atoms with Gasteiger partial charge < -0.3 is 14.8 Å². The van der Waals surface area contributed by atoms with Crippen LogP contribution >= 0.6 is 11.6 Å². The molecule has 4 rings (SSSR count). The number of hydrogen-bond acceptors (Lipinski definition) is 4. The van der Waals surface area contributed by atoms with Crippen molar-refractivity contribution >= 4 is 23.2 Å². The summed E-state index contributed by atoms with van der Waals surface area (Å²) >= 11 is 5.46. The zero-order valence-corrected chi connectivity index (χ0v) is 16.2. The summed E-state index contributed by atoms with van der Waals surface area (Å²) in [6.45, 7) is 0. The molecule has 1 amide bonds. The third kappa shape index (κ3) is 4.49. The van der Waals surface area contributed by atoms with E-state index in [0.29, 0.717) is 29.3 Å². The first-order chi connectivity index (χ1) is 14.1. The minimum Gasteiger partial charge on any atom is -0.485 e. The van der Waals surface area contributed by atoms with Gasteiger partial charge in [0.25, 0.3) is 0 Å². The molecule has 1 N–H and O–H groups in total. The van der Waals surface area contributed by atoms with Gasteiger partial charge in [-0.3, -0.25) is 4.79 Å². The SMILES string of the molecule is O=C(CCl)Nc1ccc(Oc2ccc3c(c2)CCC(c2ccccc2F)O3)nc1. The average molecular weight is 413 g/mol. The largest absolute Gasteiger partial charge is 0.485 e. The number of alkyl halides is 1. The molecule has 0 radical (unpaired) electrons. The number of hydrogen-bond donors (Lipinski definition) is 1. The highest BCUT2D eigenvalue weighted by atomic mass is 35.5. The first kappa shape index (κ1) is 19.2. The van der Waals surface area contributed by atoms with Crippen molar-refractivity contribution < 1.29 is 18.7 Å². The highest BCUT2D eigenvalue weighted by molar-refractivity contribution is 6.29. The second-order valence-electron chi connectivity index (χ2n) is 6.61. The van der Waals surface area contributed by atoms with Crippen molar-refractivity contribution in [3.8, 4) is 17.4 Å². The van der Waals surface area contributed by atoms with Gasteiger partial charge in [-0.05, 0) is 48.7 Å². The molecule has 0 spiro atoms. The molecule has 0 fully saturated rings. The topological polar surface area (TPSA) is 60.5 Å². The summed E-state index contributed by atoms with van der Waals surface area (Å²) < 4.78 is 25.8. The number of fused-ring (bicyclic) bond motifs is 1. The molecule has 1 aliphatic heterocycles. The molecule has 148 valence electrons. The molecule has 1 unspecified atom stereocenters. The van der Waals surface area contributed by atoms with Gasteiger partial charge in [0.15, 0.2) is 0 Å². The molecule has 0 bridgehead atoms. The van der Waals surface area contributed by atoms with Gasteiger partial charge in [-0.2, -0.15) is 0 Å². The predicted octanol–water partition coefficient (Wildman–Crippen LogP) is 5.26. The van der Waals surface area contributed by atoms with E-state index >= 15 is 0 Å². The summed E-state index contributed by atoms with van der Waals surface area (Å²) in [5.74, 6) is 1.08. The molecule has 2 heterocycles. The number of nitrogens with zero attached hydrogens (tertiary/aromatic N) is 1. The number of aromatic nitrogens is 1. The molecule has 2 aromatic carbocycles. The normalized spacial score (nSPS) is 15.2. The minimum atomic E-state index is -0.300. The minimum absolute atomic E-state index is 0.118. The van der Waals surface area contributed by atoms with Crippen molar-refractivity contribution in [2.75, 3.05) is 11.2 Å². The van der Waals surface area contributed by atoms with Crippen LogP contribution in [-0.4, -0.2) is 16.8 Å². The summed E-state index contributed by atoms with van der Waals surface area (Å²) in [6, 6.07) is 15.6. The monoisotopic (exact) mass is 412 g/mol. The van der Waals surface area contributed by atoms with E-state index in [9.17, 15) is 9.18 Å². The van der Waals surface area contributed by atoms with E-state index in [1.165, 1.54) is 12.3 Å². The van der Waals surface area contributed by atoms with E-state index in [-0.39, 0.29) is 23.7 Å². The summed E-state index contributed by atoms with van der Waals surface area (Å²) in [7, 11) is 0. The van der Waals surface area contributed by atoms with E-state index in [2.05, 4.69) is 10.3 Å². The number of carbonyl (C=O) groups is 1.